The number of ketones is 1. The molecule has 0 heterocycles. The van der Waals surface area contributed by atoms with Gasteiger partial charge in [0.05, 0.1) is 5.56 Å². The number of rotatable bonds is 2. The molecule has 0 aliphatic heterocycles. The molecule has 5 heteroatoms. The minimum atomic E-state index is -4.45. The number of benzene rings is 1. The molecular formula is C10H8ClF3O. The summed E-state index contributed by atoms with van der Waals surface area (Å²) in [5, 5.41) is 0. The van der Waals surface area contributed by atoms with Crippen LogP contribution in [0, 0.1) is 0 Å². The molecule has 0 unspecified atom stereocenters. The average Bonchev–Trinajstić information content (AvgIpc) is 2.15. The molecule has 0 spiro atoms. The molecule has 0 fully saturated rings. The van der Waals surface area contributed by atoms with Gasteiger partial charge >= 0.3 is 6.18 Å². The van der Waals surface area contributed by atoms with E-state index in [1.807, 2.05) is 0 Å². The summed E-state index contributed by atoms with van der Waals surface area (Å²) in [4.78, 5) is 11.0. The van der Waals surface area contributed by atoms with Crippen molar-refractivity contribution in [3.63, 3.8) is 0 Å². The van der Waals surface area contributed by atoms with E-state index in [2.05, 4.69) is 0 Å². The first-order valence-electron chi connectivity index (χ1n) is 4.12. The van der Waals surface area contributed by atoms with Crippen molar-refractivity contribution in [3.8, 4) is 0 Å². The smallest absolute Gasteiger partial charge is 0.295 e. The van der Waals surface area contributed by atoms with Crippen molar-refractivity contribution in [2.24, 2.45) is 0 Å². The lowest BCUT2D eigenvalue weighted by atomic mass is 10.0. The Morgan fingerprint density at radius 3 is 2.33 bits per heavy atom. The van der Waals surface area contributed by atoms with Gasteiger partial charge in [-0.25, -0.2) is 0 Å². The minimum Gasteiger partial charge on any atom is -0.295 e. The average molecular weight is 237 g/mol. The van der Waals surface area contributed by atoms with Gasteiger partial charge in [-0.2, -0.15) is 13.2 Å². The zero-order chi connectivity index (χ0) is 11.6. The summed E-state index contributed by atoms with van der Waals surface area (Å²) in [7, 11) is 0. The van der Waals surface area contributed by atoms with E-state index in [4.69, 9.17) is 11.6 Å². The van der Waals surface area contributed by atoms with Crippen molar-refractivity contribution in [3.05, 3.63) is 34.9 Å². The summed E-state index contributed by atoms with van der Waals surface area (Å²) in [6.07, 6.45) is -4.45. The molecule has 1 rings (SSSR count). The molecular weight excluding hydrogens is 229 g/mol. The summed E-state index contributed by atoms with van der Waals surface area (Å²) in [5.74, 6) is -0.461. The van der Waals surface area contributed by atoms with Gasteiger partial charge in [0, 0.05) is 11.4 Å². The van der Waals surface area contributed by atoms with Crippen LogP contribution in [0.25, 0.3) is 0 Å². The number of carbonyl (C=O) groups excluding carboxylic acids is 1. The third kappa shape index (κ3) is 2.96. The number of carbonyl (C=O) groups is 1. The van der Waals surface area contributed by atoms with Crippen LogP contribution in [0.3, 0.4) is 0 Å². The standard InChI is InChI=1S/C10H8ClF3O/c1-6(15)8-2-7(5-11)3-9(4-8)10(12,13)14/h2-4H,5H2,1H3. The van der Waals surface area contributed by atoms with Crippen LogP contribution in [-0.4, -0.2) is 5.78 Å². The summed E-state index contributed by atoms with van der Waals surface area (Å²) in [5.41, 5.74) is -0.525. The quantitative estimate of drug-likeness (QED) is 0.566. The fourth-order valence-corrected chi connectivity index (χ4v) is 1.29. The summed E-state index contributed by atoms with van der Waals surface area (Å²) in [6, 6.07) is 3.14. The maximum atomic E-state index is 12.4. The van der Waals surface area contributed by atoms with Gasteiger partial charge in [-0.1, -0.05) is 0 Å². The highest BCUT2D eigenvalue weighted by Gasteiger charge is 2.31. The van der Waals surface area contributed by atoms with E-state index in [9.17, 15) is 18.0 Å². The Balaban J connectivity index is 3.30. The topological polar surface area (TPSA) is 17.1 Å². The van der Waals surface area contributed by atoms with Crippen molar-refractivity contribution in [2.45, 2.75) is 19.0 Å². The molecule has 1 aromatic rings. The lowest BCUT2D eigenvalue weighted by Gasteiger charge is -2.09. The summed E-state index contributed by atoms with van der Waals surface area (Å²) >= 11 is 5.45. The molecule has 1 nitrogen and oxygen atoms in total. The van der Waals surface area contributed by atoms with Crippen LogP contribution in [-0.2, 0) is 12.1 Å². The second-order valence-electron chi connectivity index (χ2n) is 3.11. The summed E-state index contributed by atoms with van der Waals surface area (Å²) < 4.78 is 37.2. The normalized spacial score (nSPS) is 11.5. The van der Waals surface area contributed by atoms with Gasteiger partial charge in [0.2, 0.25) is 0 Å². The van der Waals surface area contributed by atoms with E-state index >= 15 is 0 Å². The molecule has 0 N–H and O–H groups in total. The van der Waals surface area contributed by atoms with Gasteiger partial charge in [0.25, 0.3) is 0 Å². The van der Waals surface area contributed by atoms with Gasteiger partial charge in [-0.05, 0) is 30.7 Å². The Labute approximate surface area is 89.9 Å². The molecule has 0 saturated heterocycles. The number of Topliss-reactive ketones (excluding diaryl/α,β-unsaturated/α-hetero) is 1. The number of hydrogen-bond acceptors (Lipinski definition) is 1. The van der Waals surface area contributed by atoms with Gasteiger partial charge in [-0.15, -0.1) is 11.6 Å². The van der Waals surface area contributed by atoms with Crippen molar-refractivity contribution < 1.29 is 18.0 Å². The van der Waals surface area contributed by atoms with E-state index in [-0.39, 0.29) is 17.0 Å². The number of alkyl halides is 4. The largest absolute Gasteiger partial charge is 0.416 e. The fraction of sp³-hybridized carbons (Fsp3) is 0.300. The van der Waals surface area contributed by atoms with Crippen LogP contribution in [0.4, 0.5) is 13.2 Å². The van der Waals surface area contributed by atoms with Gasteiger partial charge in [0.1, 0.15) is 0 Å². The van der Waals surface area contributed by atoms with E-state index in [0.717, 1.165) is 12.1 Å². The first kappa shape index (κ1) is 12.0. The highest BCUT2D eigenvalue weighted by molar-refractivity contribution is 6.17. The molecule has 0 aromatic heterocycles. The Morgan fingerprint density at radius 1 is 1.33 bits per heavy atom. The molecule has 0 radical (unpaired) electrons. The zero-order valence-corrected chi connectivity index (χ0v) is 8.62. The molecule has 0 amide bonds. The van der Waals surface area contributed by atoms with Crippen LogP contribution >= 0.6 is 11.6 Å². The lowest BCUT2D eigenvalue weighted by molar-refractivity contribution is -0.137. The van der Waals surface area contributed by atoms with Crippen molar-refractivity contribution in [1.29, 1.82) is 0 Å². The summed E-state index contributed by atoms with van der Waals surface area (Å²) in [6.45, 7) is 1.22. The molecule has 15 heavy (non-hydrogen) atoms. The van der Waals surface area contributed by atoms with E-state index < -0.39 is 17.5 Å². The molecule has 0 aliphatic rings. The SMILES string of the molecule is CC(=O)c1cc(CCl)cc(C(F)(F)F)c1. The minimum absolute atomic E-state index is 0.0282. The van der Waals surface area contributed by atoms with Gasteiger partial charge in [-0.3, -0.25) is 4.79 Å². The Kier molecular flexibility index (Phi) is 3.39. The predicted octanol–water partition coefficient (Wildman–Crippen LogP) is 3.65. The highest BCUT2D eigenvalue weighted by atomic mass is 35.5. The maximum Gasteiger partial charge on any atom is 0.416 e. The molecule has 0 bridgehead atoms. The Morgan fingerprint density at radius 2 is 1.93 bits per heavy atom. The Hall–Kier alpha value is -1.03. The van der Waals surface area contributed by atoms with Gasteiger partial charge in [0.15, 0.2) is 5.78 Å². The molecule has 1 aromatic carbocycles. The van der Waals surface area contributed by atoms with E-state index in [1.54, 1.807) is 0 Å². The first-order chi connectivity index (χ1) is 6.84. The first-order valence-corrected chi connectivity index (χ1v) is 4.66. The molecule has 0 atom stereocenters. The predicted molar refractivity (Wildman–Crippen MR) is 51.0 cm³/mol. The van der Waals surface area contributed by atoms with Crippen LogP contribution in [0.2, 0.25) is 0 Å². The fourth-order valence-electron chi connectivity index (χ4n) is 1.14. The van der Waals surface area contributed by atoms with Crippen LogP contribution < -0.4 is 0 Å². The number of hydrogen-bond donors (Lipinski definition) is 0. The Bertz CT molecular complexity index is 385. The molecule has 82 valence electrons. The third-order valence-electron chi connectivity index (χ3n) is 1.88. The van der Waals surface area contributed by atoms with Crippen LogP contribution in [0.1, 0.15) is 28.4 Å². The van der Waals surface area contributed by atoms with Crippen molar-refractivity contribution in [2.75, 3.05) is 0 Å². The second kappa shape index (κ2) is 4.23. The highest BCUT2D eigenvalue weighted by Crippen LogP contribution is 2.31. The second-order valence-corrected chi connectivity index (χ2v) is 3.37. The zero-order valence-electron chi connectivity index (χ0n) is 7.86. The van der Waals surface area contributed by atoms with Crippen molar-refractivity contribution in [1.82, 2.24) is 0 Å². The van der Waals surface area contributed by atoms with E-state index in [0.29, 0.717) is 0 Å². The van der Waals surface area contributed by atoms with Crippen LogP contribution in [0.15, 0.2) is 18.2 Å². The maximum absolute atomic E-state index is 12.4. The van der Waals surface area contributed by atoms with Gasteiger partial charge < -0.3 is 0 Å². The number of halogens is 4. The van der Waals surface area contributed by atoms with Crippen molar-refractivity contribution >= 4 is 17.4 Å². The lowest BCUT2D eigenvalue weighted by Crippen LogP contribution is -2.07. The molecule has 0 aliphatic carbocycles. The third-order valence-corrected chi connectivity index (χ3v) is 2.19. The van der Waals surface area contributed by atoms with Crippen LogP contribution in [0.5, 0.6) is 0 Å². The van der Waals surface area contributed by atoms with E-state index in [1.165, 1.54) is 13.0 Å². The monoisotopic (exact) mass is 236 g/mol. The molecule has 0 saturated carbocycles.